The molecule has 14 heavy (non-hydrogen) atoms. The maximum atomic E-state index is 13.3. The van der Waals surface area contributed by atoms with Gasteiger partial charge < -0.3 is 0 Å². The maximum Gasteiger partial charge on any atom is 0.140 e. The Labute approximate surface area is 80.7 Å². The Morgan fingerprint density at radius 2 is 1.86 bits per heavy atom. The molecule has 1 fully saturated rings. The monoisotopic (exact) mass is 196 g/mol. The van der Waals surface area contributed by atoms with Crippen molar-refractivity contribution in [1.29, 1.82) is 0 Å². The van der Waals surface area contributed by atoms with Gasteiger partial charge in [0.25, 0.3) is 0 Å². The van der Waals surface area contributed by atoms with E-state index >= 15 is 0 Å². The topological polar surface area (TPSA) is 17.1 Å². The molecule has 1 aliphatic carbocycles. The summed E-state index contributed by atoms with van der Waals surface area (Å²) >= 11 is 0. The maximum absolute atomic E-state index is 13.3. The SMILES string of the molecule is O=C1CCCC1c1c(F)cccc1F. The molecule has 3 heteroatoms. The molecular weight excluding hydrogens is 186 g/mol. The number of rotatable bonds is 1. The summed E-state index contributed by atoms with van der Waals surface area (Å²) in [5.74, 6) is -1.82. The van der Waals surface area contributed by atoms with E-state index in [4.69, 9.17) is 0 Å². The third-order valence-corrected chi connectivity index (χ3v) is 2.65. The average Bonchev–Trinajstić information content (AvgIpc) is 2.52. The quantitative estimate of drug-likeness (QED) is 0.675. The molecule has 0 amide bonds. The van der Waals surface area contributed by atoms with Crippen LogP contribution in [-0.4, -0.2) is 5.78 Å². The van der Waals surface area contributed by atoms with E-state index in [0.29, 0.717) is 12.8 Å². The van der Waals surface area contributed by atoms with Crippen molar-refractivity contribution in [3.05, 3.63) is 35.4 Å². The van der Waals surface area contributed by atoms with Crippen LogP contribution in [0, 0.1) is 11.6 Å². The van der Waals surface area contributed by atoms with Crippen LogP contribution in [0.3, 0.4) is 0 Å². The normalized spacial score (nSPS) is 21.6. The fourth-order valence-corrected chi connectivity index (χ4v) is 1.96. The summed E-state index contributed by atoms with van der Waals surface area (Å²) in [6.07, 6.45) is 1.74. The lowest BCUT2D eigenvalue weighted by atomic mass is 9.96. The fourth-order valence-electron chi connectivity index (χ4n) is 1.96. The number of hydrogen-bond acceptors (Lipinski definition) is 1. The Hall–Kier alpha value is -1.25. The van der Waals surface area contributed by atoms with E-state index in [2.05, 4.69) is 0 Å². The highest BCUT2D eigenvalue weighted by molar-refractivity contribution is 5.87. The zero-order chi connectivity index (χ0) is 10.1. The van der Waals surface area contributed by atoms with Crippen LogP contribution >= 0.6 is 0 Å². The predicted molar refractivity (Wildman–Crippen MR) is 48.0 cm³/mol. The van der Waals surface area contributed by atoms with Crippen molar-refractivity contribution in [2.24, 2.45) is 0 Å². The summed E-state index contributed by atoms with van der Waals surface area (Å²) in [5.41, 5.74) is -0.0463. The molecule has 0 heterocycles. The minimum atomic E-state index is -0.606. The zero-order valence-corrected chi connectivity index (χ0v) is 7.59. The summed E-state index contributed by atoms with van der Waals surface area (Å²) in [7, 11) is 0. The van der Waals surface area contributed by atoms with Crippen LogP contribution in [0.1, 0.15) is 30.7 Å². The molecule has 1 saturated carbocycles. The summed E-state index contributed by atoms with van der Waals surface area (Å²) < 4.78 is 26.6. The Kier molecular flexibility index (Phi) is 2.32. The van der Waals surface area contributed by atoms with E-state index < -0.39 is 17.6 Å². The van der Waals surface area contributed by atoms with E-state index in [0.717, 1.165) is 6.42 Å². The van der Waals surface area contributed by atoms with Crippen LogP contribution in [0.4, 0.5) is 8.78 Å². The van der Waals surface area contributed by atoms with Crippen molar-refractivity contribution in [2.75, 3.05) is 0 Å². The number of benzene rings is 1. The van der Waals surface area contributed by atoms with Crippen LogP contribution in [0.2, 0.25) is 0 Å². The number of carbonyl (C=O) groups excluding carboxylic acids is 1. The van der Waals surface area contributed by atoms with Gasteiger partial charge in [0.15, 0.2) is 0 Å². The first-order chi connectivity index (χ1) is 6.70. The number of halogens is 2. The van der Waals surface area contributed by atoms with Crippen LogP contribution in [-0.2, 0) is 4.79 Å². The molecule has 0 aromatic heterocycles. The molecule has 0 aliphatic heterocycles. The van der Waals surface area contributed by atoms with Crippen LogP contribution < -0.4 is 0 Å². The van der Waals surface area contributed by atoms with E-state index in [-0.39, 0.29) is 11.3 Å². The smallest absolute Gasteiger partial charge is 0.140 e. The molecule has 0 saturated heterocycles. The lowest BCUT2D eigenvalue weighted by molar-refractivity contribution is -0.118. The summed E-state index contributed by atoms with van der Waals surface area (Å²) in [6.45, 7) is 0. The lowest BCUT2D eigenvalue weighted by Crippen LogP contribution is -2.08. The van der Waals surface area contributed by atoms with Crippen molar-refractivity contribution in [3.63, 3.8) is 0 Å². The van der Waals surface area contributed by atoms with E-state index in [1.807, 2.05) is 0 Å². The van der Waals surface area contributed by atoms with Crippen molar-refractivity contribution >= 4 is 5.78 Å². The molecule has 1 aromatic rings. The Balaban J connectivity index is 2.44. The average molecular weight is 196 g/mol. The van der Waals surface area contributed by atoms with E-state index in [1.54, 1.807) is 0 Å². The van der Waals surface area contributed by atoms with Crippen molar-refractivity contribution < 1.29 is 13.6 Å². The van der Waals surface area contributed by atoms with Crippen LogP contribution in [0.5, 0.6) is 0 Å². The highest BCUT2D eigenvalue weighted by atomic mass is 19.1. The van der Waals surface area contributed by atoms with Crippen molar-refractivity contribution in [2.45, 2.75) is 25.2 Å². The zero-order valence-electron chi connectivity index (χ0n) is 7.59. The van der Waals surface area contributed by atoms with Gasteiger partial charge >= 0.3 is 0 Å². The van der Waals surface area contributed by atoms with E-state index in [1.165, 1.54) is 18.2 Å². The molecule has 74 valence electrons. The molecule has 1 nitrogen and oxygen atoms in total. The van der Waals surface area contributed by atoms with Gasteiger partial charge in [0.05, 0.1) is 0 Å². The Morgan fingerprint density at radius 3 is 2.36 bits per heavy atom. The van der Waals surface area contributed by atoms with Gasteiger partial charge in [-0.2, -0.15) is 0 Å². The first kappa shape index (κ1) is 9.31. The third kappa shape index (κ3) is 1.43. The molecule has 0 spiro atoms. The minimum Gasteiger partial charge on any atom is -0.299 e. The molecule has 1 atom stereocenters. The highest BCUT2D eigenvalue weighted by Crippen LogP contribution is 2.33. The molecule has 1 aromatic carbocycles. The number of ketones is 1. The van der Waals surface area contributed by atoms with Gasteiger partial charge in [-0.25, -0.2) is 8.78 Å². The van der Waals surface area contributed by atoms with Gasteiger partial charge in [0.1, 0.15) is 17.4 Å². The predicted octanol–water partition coefficient (Wildman–Crippen LogP) is 2.80. The fraction of sp³-hybridized carbons (Fsp3) is 0.364. The minimum absolute atomic E-state index is 0.0463. The molecule has 1 unspecified atom stereocenters. The first-order valence-corrected chi connectivity index (χ1v) is 4.67. The largest absolute Gasteiger partial charge is 0.299 e. The first-order valence-electron chi connectivity index (χ1n) is 4.67. The molecule has 0 radical (unpaired) electrons. The van der Waals surface area contributed by atoms with Gasteiger partial charge in [0.2, 0.25) is 0 Å². The molecule has 1 aliphatic rings. The second kappa shape index (κ2) is 3.48. The number of carbonyl (C=O) groups is 1. The second-order valence-corrected chi connectivity index (χ2v) is 3.55. The molecular formula is C11H10F2O. The molecule has 0 N–H and O–H groups in total. The molecule has 2 rings (SSSR count). The number of hydrogen-bond donors (Lipinski definition) is 0. The summed E-state index contributed by atoms with van der Waals surface area (Å²) in [5, 5.41) is 0. The van der Waals surface area contributed by atoms with Crippen LogP contribution in [0.25, 0.3) is 0 Å². The van der Waals surface area contributed by atoms with E-state index in [9.17, 15) is 13.6 Å². The van der Waals surface area contributed by atoms with Crippen molar-refractivity contribution in [3.8, 4) is 0 Å². The Bertz CT molecular complexity index is 353. The van der Waals surface area contributed by atoms with Crippen molar-refractivity contribution in [1.82, 2.24) is 0 Å². The van der Waals surface area contributed by atoms with Gasteiger partial charge in [-0.05, 0) is 25.0 Å². The third-order valence-electron chi connectivity index (χ3n) is 2.65. The number of Topliss-reactive ketones (excluding diaryl/α,β-unsaturated/α-hetero) is 1. The Morgan fingerprint density at radius 1 is 1.21 bits per heavy atom. The molecule has 0 bridgehead atoms. The standard InChI is InChI=1S/C11H10F2O/c12-8-4-2-5-9(13)11(8)7-3-1-6-10(7)14/h2,4-5,7H,1,3,6H2. The lowest BCUT2D eigenvalue weighted by Gasteiger charge is -2.10. The summed E-state index contributed by atoms with van der Waals surface area (Å²) in [4.78, 5) is 11.3. The van der Waals surface area contributed by atoms with Gasteiger partial charge in [0, 0.05) is 17.9 Å². The second-order valence-electron chi connectivity index (χ2n) is 3.55. The van der Waals surface area contributed by atoms with Gasteiger partial charge in [-0.3, -0.25) is 4.79 Å². The highest BCUT2D eigenvalue weighted by Gasteiger charge is 2.30. The van der Waals surface area contributed by atoms with Crippen LogP contribution in [0.15, 0.2) is 18.2 Å². The van der Waals surface area contributed by atoms with Gasteiger partial charge in [-0.1, -0.05) is 6.07 Å². The summed E-state index contributed by atoms with van der Waals surface area (Å²) in [6, 6.07) is 3.71. The van der Waals surface area contributed by atoms with Gasteiger partial charge in [-0.15, -0.1) is 0 Å².